The summed E-state index contributed by atoms with van der Waals surface area (Å²) in [5, 5.41) is 17.4. The van der Waals surface area contributed by atoms with Gasteiger partial charge in [0.1, 0.15) is 11.5 Å². The summed E-state index contributed by atoms with van der Waals surface area (Å²) >= 11 is 0. The van der Waals surface area contributed by atoms with E-state index in [-0.39, 0.29) is 17.9 Å². The summed E-state index contributed by atoms with van der Waals surface area (Å²) in [6.07, 6.45) is -2.53. The second-order valence-electron chi connectivity index (χ2n) is 4.13. The maximum absolute atomic E-state index is 10.7. The first-order chi connectivity index (χ1) is 10.1. The molecule has 2 aromatic rings. The lowest BCUT2D eigenvalue weighted by atomic mass is 10.0. The molecule has 0 saturated carbocycles. The van der Waals surface area contributed by atoms with E-state index in [1.165, 1.54) is 12.1 Å². The Bertz CT molecular complexity index is 607. The molecule has 0 aliphatic heterocycles. The number of hydrogen-bond acceptors (Lipinski definition) is 4. The van der Waals surface area contributed by atoms with Gasteiger partial charge in [0.25, 0.3) is 0 Å². The third-order valence-electron chi connectivity index (χ3n) is 2.72. The van der Waals surface area contributed by atoms with Crippen molar-refractivity contribution < 1.29 is 29.3 Å². The van der Waals surface area contributed by atoms with Crippen LogP contribution in [0.4, 0.5) is 9.59 Å². The van der Waals surface area contributed by atoms with Crippen molar-refractivity contribution in [2.75, 3.05) is 0 Å². The molecule has 0 saturated heterocycles. The zero-order chi connectivity index (χ0) is 15.2. The monoisotopic (exact) mass is 288 g/mol. The summed E-state index contributed by atoms with van der Waals surface area (Å²) in [5.74, 6) is 0.408. The average molecular weight is 288 g/mol. The van der Waals surface area contributed by atoms with Crippen molar-refractivity contribution in [3.05, 3.63) is 59.7 Å². The molecule has 0 aromatic heterocycles. The van der Waals surface area contributed by atoms with E-state index in [1.807, 2.05) is 0 Å². The Morgan fingerprint density at radius 2 is 1.14 bits per heavy atom. The number of hydrogen-bond donors (Lipinski definition) is 2. The fourth-order valence-electron chi connectivity index (χ4n) is 1.89. The molecule has 0 atom stereocenters. The van der Waals surface area contributed by atoms with E-state index in [9.17, 15) is 9.59 Å². The summed E-state index contributed by atoms with van der Waals surface area (Å²) < 4.78 is 9.40. The van der Waals surface area contributed by atoms with Crippen LogP contribution in [0.1, 0.15) is 11.1 Å². The molecule has 0 spiro atoms. The van der Waals surface area contributed by atoms with Crippen LogP contribution in [0.5, 0.6) is 11.5 Å². The Kier molecular flexibility index (Phi) is 4.40. The van der Waals surface area contributed by atoms with Crippen molar-refractivity contribution >= 4 is 12.3 Å². The molecule has 0 amide bonds. The lowest BCUT2D eigenvalue weighted by Gasteiger charge is -2.10. The highest BCUT2D eigenvalue weighted by atomic mass is 16.7. The van der Waals surface area contributed by atoms with Crippen LogP contribution in [-0.4, -0.2) is 22.5 Å². The third-order valence-corrected chi connectivity index (χ3v) is 2.72. The van der Waals surface area contributed by atoms with Crippen molar-refractivity contribution in [2.24, 2.45) is 0 Å². The van der Waals surface area contributed by atoms with Crippen LogP contribution >= 0.6 is 0 Å². The molecule has 0 aliphatic carbocycles. The highest BCUT2D eigenvalue weighted by Crippen LogP contribution is 2.26. The second kappa shape index (κ2) is 6.42. The number of benzene rings is 2. The minimum atomic E-state index is -1.41. The molecule has 0 fully saturated rings. The Labute approximate surface area is 120 Å². The van der Waals surface area contributed by atoms with E-state index in [4.69, 9.17) is 19.7 Å². The lowest BCUT2D eigenvalue weighted by molar-refractivity contribution is 0.143. The van der Waals surface area contributed by atoms with Gasteiger partial charge >= 0.3 is 12.3 Å². The first kappa shape index (κ1) is 14.4. The zero-order valence-electron chi connectivity index (χ0n) is 10.9. The van der Waals surface area contributed by atoms with Crippen LogP contribution in [0, 0.1) is 0 Å². The predicted molar refractivity (Wildman–Crippen MR) is 73.0 cm³/mol. The molecule has 2 rings (SSSR count). The van der Waals surface area contributed by atoms with Crippen molar-refractivity contribution in [3.8, 4) is 11.5 Å². The highest BCUT2D eigenvalue weighted by molar-refractivity contribution is 5.63. The maximum Gasteiger partial charge on any atom is 0.511 e. The van der Waals surface area contributed by atoms with Gasteiger partial charge in [0.05, 0.1) is 0 Å². The minimum absolute atomic E-state index is 0.204. The van der Waals surface area contributed by atoms with Gasteiger partial charge in [-0.25, -0.2) is 9.59 Å². The topological polar surface area (TPSA) is 93.1 Å². The first-order valence-corrected chi connectivity index (χ1v) is 6.03. The predicted octanol–water partition coefficient (Wildman–Crippen LogP) is 3.39. The van der Waals surface area contributed by atoms with Gasteiger partial charge in [-0.1, -0.05) is 36.4 Å². The van der Waals surface area contributed by atoms with E-state index in [2.05, 4.69) is 0 Å². The van der Waals surface area contributed by atoms with Gasteiger partial charge in [0.2, 0.25) is 0 Å². The van der Waals surface area contributed by atoms with Crippen molar-refractivity contribution in [1.29, 1.82) is 0 Å². The second-order valence-corrected chi connectivity index (χ2v) is 4.13. The third kappa shape index (κ3) is 3.97. The van der Waals surface area contributed by atoms with E-state index in [1.54, 1.807) is 36.4 Å². The molecule has 0 radical (unpaired) electrons. The van der Waals surface area contributed by atoms with Crippen LogP contribution in [0.3, 0.4) is 0 Å². The van der Waals surface area contributed by atoms with Crippen molar-refractivity contribution in [2.45, 2.75) is 6.42 Å². The Morgan fingerprint density at radius 3 is 1.52 bits per heavy atom. The quantitative estimate of drug-likeness (QED) is 0.661. The van der Waals surface area contributed by atoms with Gasteiger partial charge in [-0.05, 0) is 23.3 Å². The van der Waals surface area contributed by atoms with E-state index in [0.29, 0.717) is 11.1 Å². The minimum Gasteiger partial charge on any atom is -0.449 e. The van der Waals surface area contributed by atoms with E-state index >= 15 is 0 Å². The summed E-state index contributed by atoms with van der Waals surface area (Å²) in [7, 11) is 0. The van der Waals surface area contributed by atoms with Gasteiger partial charge in [0.15, 0.2) is 0 Å². The maximum atomic E-state index is 10.7. The number of carboxylic acid groups (broad SMARTS) is 2. The summed E-state index contributed by atoms with van der Waals surface area (Å²) in [4.78, 5) is 21.3. The van der Waals surface area contributed by atoms with E-state index < -0.39 is 12.3 Å². The normalized spacial score (nSPS) is 9.90. The molecule has 0 unspecified atom stereocenters. The fourth-order valence-corrected chi connectivity index (χ4v) is 1.89. The lowest BCUT2D eigenvalue weighted by Crippen LogP contribution is -2.07. The van der Waals surface area contributed by atoms with Crippen LogP contribution < -0.4 is 9.47 Å². The molecule has 2 aromatic carbocycles. The summed E-state index contributed by atoms with van der Waals surface area (Å²) in [5.41, 5.74) is 1.22. The molecular formula is C15H12O6. The Balaban J connectivity index is 2.30. The standard InChI is InChI=1S/C15H12O6/c16-14(17)20-12-7-3-1-5-10(12)9-11-6-2-4-8-13(11)21-15(18)19/h1-8H,9H2,(H,16,17)(H,18,19). The number of carbonyl (C=O) groups is 2. The van der Waals surface area contributed by atoms with Crippen LogP contribution in [0.25, 0.3) is 0 Å². The Morgan fingerprint density at radius 1 is 0.762 bits per heavy atom. The zero-order valence-corrected chi connectivity index (χ0v) is 10.9. The molecule has 108 valence electrons. The molecule has 6 heteroatoms. The van der Waals surface area contributed by atoms with Gasteiger partial charge in [-0.15, -0.1) is 0 Å². The fraction of sp³-hybridized carbons (Fsp3) is 0.0667. The SMILES string of the molecule is O=C(O)Oc1ccccc1Cc1ccccc1OC(=O)O. The average Bonchev–Trinajstić information content (AvgIpc) is 2.42. The van der Waals surface area contributed by atoms with Crippen molar-refractivity contribution in [3.63, 3.8) is 0 Å². The van der Waals surface area contributed by atoms with Crippen LogP contribution in [0.15, 0.2) is 48.5 Å². The van der Waals surface area contributed by atoms with Crippen LogP contribution in [0.2, 0.25) is 0 Å². The smallest absolute Gasteiger partial charge is 0.449 e. The molecule has 0 aliphatic rings. The highest BCUT2D eigenvalue weighted by Gasteiger charge is 2.12. The van der Waals surface area contributed by atoms with Crippen LogP contribution in [-0.2, 0) is 6.42 Å². The van der Waals surface area contributed by atoms with E-state index in [0.717, 1.165) is 0 Å². The molecule has 21 heavy (non-hydrogen) atoms. The molecule has 0 bridgehead atoms. The molecule has 0 heterocycles. The van der Waals surface area contributed by atoms with Gasteiger partial charge in [0, 0.05) is 6.42 Å². The summed E-state index contributed by atoms with van der Waals surface area (Å²) in [6.45, 7) is 0. The molecular weight excluding hydrogens is 276 g/mol. The van der Waals surface area contributed by atoms with Crippen molar-refractivity contribution in [1.82, 2.24) is 0 Å². The molecule has 2 N–H and O–H groups in total. The number of ether oxygens (including phenoxy) is 2. The molecule has 6 nitrogen and oxygen atoms in total. The number of rotatable bonds is 4. The Hall–Kier alpha value is -3.02. The number of para-hydroxylation sites is 2. The first-order valence-electron chi connectivity index (χ1n) is 6.03. The van der Waals surface area contributed by atoms with Gasteiger partial charge < -0.3 is 19.7 Å². The summed E-state index contributed by atoms with van der Waals surface area (Å²) in [6, 6.07) is 13.3. The van der Waals surface area contributed by atoms with Gasteiger partial charge in [-0.3, -0.25) is 0 Å². The van der Waals surface area contributed by atoms with Gasteiger partial charge in [-0.2, -0.15) is 0 Å². The largest absolute Gasteiger partial charge is 0.511 e.